The van der Waals surface area contributed by atoms with Crippen LogP contribution in [0.4, 0.5) is 0 Å². The molecule has 0 amide bonds. The topological polar surface area (TPSA) is 21.3 Å². The lowest BCUT2D eigenvalue weighted by Gasteiger charge is -2.14. The van der Waals surface area contributed by atoms with Crippen LogP contribution in [0.1, 0.15) is 24.0 Å². The van der Waals surface area contributed by atoms with Crippen molar-refractivity contribution in [3.05, 3.63) is 63.6 Å². The quantitative estimate of drug-likeness (QED) is 0.823. The Morgan fingerprint density at radius 2 is 1.86 bits per heavy atom. The van der Waals surface area contributed by atoms with Crippen molar-refractivity contribution in [3.63, 3.8) is 0 Å². The highest BCUT2D eigenvalue weighted by Crippen LogP contribution is 2.33. The third-order valence-corrected chi connectivity index (χ3v) is 3.97. The van der Waals surface area contributed by atoms with Crippen molar-refractivity contribution < 1.29 is 4.74 Å². The zero-order valence-corrected chi connectivity index (χ0v) is 13.1. The molecule has 0 bridgehead atoms. The maximum absolute atomic E-state index is 6.29. The molecule has 0 aliphatic heterocycles. The molecule has 1 aliphatic carbocycles. The lowest BCUT2D eigenvalue weighted by atomic mass is 10.2. The lowest BCUT2D eigenvalue weighted by Crippen LogP contribution is -2.16. The van der Waals surface area contributed by atoms with E-state index in [1.54, 1.807) is 6.07 Å². The van der Waals surface area contributed by atoms with Gasteiger partial charge >= 0.3 is 0 Å². The van der Waals surface area contributed by atoms with Gasteiger partial charge in [0.1, 0.15) is 12.4 Å². The van der Waals surface area contributed by atoms with Gasteiger partial charge in [0, 0.05) is 23.2 Å². The van der Waals surface area contributed by atoms with E-state index in [0.29, 0.717) is 22.7 Å². The highest BCUT2D eigenvalue weighted by Gasteiger charge is 2.21. The Hall–Kier alpha value is -1.22. The van der Waals surface area contributed by atoms with E-state index >= 15 is 0 Å². The highest BCUT2D eigenvalue weighted by atomic mass is 35.5. The second kappa shape index (κ2) is 6.69. The van der Waals surface area contributed by atoms with E-state index in [2.05, 4.69) is 5.32 Å². The predicted molar refractivity (Wildman–Crippen MR) is 87.1 cm³/mol. The standard InChI is InChI=1S/C17H17Cl2NO/c18-14-8-13(10-20-15-6-7-15)17(16(19)9-14)21-11-12-4-2-1-3-5-12/h1-5,8-9,15,20H,6-7,10-11H2. The van der Waals surface area contributed by atoms with Gasteiger partial charge in [-0.05, 0) is 30.5 Å². The van der Waals surface area contributed by atoms with E-state index in [-0.39, 0.29) is 0 Å². The van der Waals surface area contributed by atoms with E-state index in [1.807, 2.05) is 36.4 Å². The third-order valence-electron chi connectivity index (χ3n) is 3.47. The summed E-state index contributed by atoms with van der Waals surface area (Å²) in [4.78, 5) is 0. The molecule has 0 unspecified atom stereocenters. The van der Waals surface area contributed by atoms with Crippen molar-refractivity contribution in [2.45, 2.75) is 32.0 Å². The first kappa shape index (κ1) is 14.7. The summed E-state index contributed by atoms with van der Waals surface area (Å²) in [6, 6.07) is 14.3. The molecular formula is C17H17Cl2NO. The summed E-state index contributed by atoms with van der Waals surface area (Å²) in [6.07, 6.45) is 2.49. The molecule has 1 N–H and O–H groups in total. The summed E-state index contributed by atoms with van der Waals surface area (Å²) in [7, 11) is 0. The van der Waals surface area contributed by atoms with E-state index in [4.69, 9.17) is 27.9 Å². The van der Waals surface area contributed by atoms with Crippen LogP contribution in [0.15, 0.2) is 42.5 Å². The zero-order valence-electron chi connectivity index (χ0n) is 11.6. The average Bonchev–Trinajstić information content (AvgIpc) is 3.29. The number of hydrogen-bond donors (Lipinski definition) is 1. The van der Waals surface area contributed by atoms with Crippen LogP contribution in [-0.2, 0) is 13.2 Å². The molecule has 3 rings (SSSR count). The van der Waals surface area contributed by atoms with Crippen LogP contribution in [0.2, 0.25) is 10.0 Å². The Bertz CT molecular complexity index is 612. The average molecular weight is 322 g/mol. The number of halogens is 2. The molecule has 1 aliphatic rings. The van der Waals surface area contributed by atoms with Gasteiger partial charge in [-0.3, -0.25) is 0 Å². The summed E-state index contributed by atoms with van der Waals surface area (Å²) < 4.78 is 5.93. The van der Waals surface area contributed by atoms with Crippen LogP contribution in [0.5, 0.6) is 5.75 Å². The maximum Gasteiger partial charge on any atom is 0.142 e. The molecule has 0 radical (unpaired) electrons. The molecule has 21 heavy (non-hydrogen) atoms. The van der Waals surface area contributed by atoms with Crippen molar-refractivity contribution in [3.8, 4) is 5.75 Å². The number of benzene rings is 2. The van der Waals surface area contributed by atoms with E-state index < -0.39 is 0 Å². The summed E-state index contributed by atoms with van der Waals surface area (Å²) >= 11 is 12.4. The second-order valence-corrected chi connectivity index (χ2v) is 6.15. The molecule has 4 heteroatoms. The molecule has 2 aromatic carbocycles. The second-order valence-electron chi connectivity index (χ2n) is 5.31. The van der Waals surface area contributed by atoms with Gasteiger partial charge in [-0.1, -0.05) is 53.5 Å². The molecular weight excluding hydrogens is 305 g/mol. The van der Waals surface area contributed by atoms with Crippen LogP contribution < -0.4 is 10.1 Å². The molecule has 1 fully saturated rings. The zero-order chi connectivity index (χ0) is 14.7. The van der Waals surface area contributed by atoms with Gasteiger partial charge in [-0.25, -0.2) is 0 Å². The van der Waals surface area contributed by atoms with E-state index in [9.17, 15) is 0 Å². The first-order valence-electron chi connectivity index (χ1n) is 7.10. The minimum atomic E-state index is 0.499. The Labute approximate surface area is 135 Å². The summed E-state index contributed by atoms with van der Waals surface area (Å²) in [5.41, 5.74) is 2.12. The number of nitrogens with one attached hydrogen (secondary N) is 1. The Morgan fingerprint density at radius 3 is 2.57 bits per heavy atom. The van der Waals surface area contributed by atoms with Gasteiger partial charge in [-0.2, -0.15) is 0 Å². The molecule has 0 atom stereocenters. The third kappa shape index (κ3) is 4.13. The molecule has 110 valence electrons. The van der Waals surface area contributed by atoms with Gasteiger partial charge in [0.15, 0.2) is 0 Å². The predicted octanol–water partition coefficient (Wildman–Crippen LogP) is 4.82. The molecule has 1 saturated carbocycles. The summed E-state index contributed by atoms with van der Waals surface area (Å²) in [5.74, 6) is 0.720. The molecule has 2 nitrogen and oxygen atoms in total. The summed E-state index contributed by atoms with van der Waals surface area (Å²) in [5, 5.41) is 4.67. The van der Waals surface area contributed by atoms with E-state index in [0.717, 1.165) is 23.4 Å². The molecule has 0 heterocycles. The Morgan fingerprint density at radius 1 is 1.10 bits per heavy atom. The van der Waals surface area contributed by atoms with Gasteiger partial charge < -0.3 is 10.1 Å². The van der Waals surface area contributed by atoms with Crippen molar-refractivity contribution in [1.29, 1.82) is 0 Å². The van der Waals surface area contributed by atoms with Crippen LogP contribution in [0.3, 0.4) is 0 Å². The smallest absolute Gasteiger partial charge is 0.142 e. The highest BCUT2D eigenvalue weighted by molar-refractivity contribution is 6.35. The Kier molecular flexibility index (Phi) is 4.69. The normalized spacial score (nSPS) is 14.2. The molecule has 0 aromatic heterocycles. The summed E-state index contributed by atoms with van der Waals surface area (Å²) in [6.45, 7) is 1.23. The minimum Gasteiger partial charge on any atom is -0.487 e. The molecule has 0 saturated heterocycles. The number of rotatable bonds is 6. The van der Waals surface area contributed by atoms with Crippen molar-refractivity contribution >= 4 is 23.2 Å². The largest absolute Gasteiger partial charge is 0.487 e. The first-order chi connectivity index (χ1) is 10.2. The lowest BCUT2D eigenvalue weighted by molar-refractivity contribution is 0.302. The SMILES string of the molecule is Clc1cc(Cl)c(OCc2ccccc2)c(CNC2CC2)c1. The fraction of sp³-hybridized carbons (Fsp3) is 0.294. The van der Waals surface area contributed by atoms with Crippen LogP contribution >= 0.6 is 23.2 Å². The van der Waals surface area contributed by atoms with Gasteiger partial charge in [0.05, 0.1) is 5.02 Å². The molecule has 0 spiro atoms. The van der Waals surface area contributed by atoms with Crippen LogP contribution in [0, 0.1) is 0 Å². The fourth-order valence-electron chi connectivity index (χ4n) is 2.18. The fourth-order valence-corrected chi connectivity index (χ4v) is 2.77. The van der Waals surface area contributed by atoms with Gasteiger partial charge in [-0.15, -0.1) is 0 Å². The Balaban J connectivity index is 1.74. The minimum absolute atomic E-state index is 0.499. The molecule has 2 aromatic rings. The van der Waals surface area contributed by atoms with Crippen molar-refractivity contribution in [2.24, 2.45) is 0 Å². The maximum atomic E-state index is 6.29. The van der Waals surface area contributed by atoms with Gasteiger partial charge in [0.2, 0.25) is 0 Å². The van der Waals surface area contributed by atoms with Crippen LogP contribution in [-0.4, -0.2) is 6.04 Å². The van der Waals surface area contributed by atoms with Crippen molar-refractivity contribution in [1.82, 2.24) is 5.32 Å². The first-order valence-corrected chi connectivity index (χ1v) is 7.86. The van der Waals surface area contributed by atoms with Crippen LogP contribution in [0.25, 0.3) is 0 Å². The van der Waals surface area contributed by atoms with Crippen molar-refractivity contribution in [2.75, 3.05) is 0 Å². The van der Waals surface area contributed by atoms with E-state index in [1.165, 1.54) is 12.8 Å². The number of hydrogen-bond acceptors (Lipinski definition) is 2. The van der Waals surface area contributed by atoms with Gasteiger partial charge in [0.25, 0.3) is 0 Å². The monoisotopic (exact) mass is 321 g/mol. The number of ether oxygens (including phenoxy) is 1.